The van der Waals surface area contributed by atoms with Gasteiger partial charge in [-0.3, -0.25) is 4.79 Å². The Balaban J connectivity index is 2.53. The van der Waals surface area contributed by atoms with Gasteiger partial charge in [-0.25, -0.2) is 0 Å². The molecule has 0 aliphatic carbocycles. The monoisotopic (exact) mass is 292 g/mol. The highest BCUT2D eigenvalue weighted by molar-refractivity contribution is 5.69. The van der Waals surface area contributed by atoms with Crippen LogP contribution in [0.1, 0.15) is 31.4 Å². The molecule has 0 aliphatic rings. The van der Waals surface area contributed by atoms with Gasteiger partial charge in [-0.05, 0) is 31.0 Å². The first-order valence-corrected chi connectivity index (χ1v) is 6.01. The number of aliphatic hydroxyl groups is 1. The lowest BCUT2D eigenvalue weighted by atomic mass is 10.0. The van der Waals surface area contributed by atoms with Gasteiger partial charge in [0.15, 0.2) is 0 Å². The predicted molar refractivity (Wildman–Crippen MR) is 64.0 cm³/mol. The number of ether oxygens (including phenoxy) is 2. The highest BCUT2D eigenvalue weighted by Crippen LogP contribution is 2.25. The summed E-state index contributed by atoms with van der Waals surface area (Å²) >= 11 is 0. The van der Waals surface area contributed by atoms with E-state index in [1.165, 1.54) is 12.1 Å². The molecule has 0 aromatic heterocycles. The molecule has 1 aromatic rings. The van der Waals surface area contributed by atoms with E-state index < -0.39 is 18.4 Å². The smallest absolute Gasteiger partial charge is 0.466 e. The zero-order valence-corrected chi connectivity index (χ0v) is 10.8. The van der Waals surface area contributed by atoms with Crippen molar-refractivity contribution in [3.63, 3.8) is 0 Å². The van der Waals surface area contributed by atoms with E-state index in [4.69, 9.17) is 4.74 Å². The van der Waals surface area contributed by atoms with Gasteiger partial charge in [0.25, 0.3) is 0 Å². The second-order valence-electron chi connectivity index (χ2n) is 3.98. The second kappa shape index (κ2) is 7.14. The van der Waals surface area contributed by atoms with Gasteiger partial charge in [0, 0.05) is 6.42 Å². The number of carbonyl (C=O) groups excluding carboxylic acids is 1. The number of carbonyl (C=O) groups is 1. The third-order valence-electron chi connectivity index (χ3n) is 2.43. The minimum absolute atomic E-state index is 0.0375. The van der Waals surface area contributed by atoms with E-state index in [1.807, 2.05) is 0 Å². The quantitative estimate of drug-likeness (QED) is 0.819. The first-order chi connectivity index (χ1) is 9.31. The van der Waals surface area contributed by atoms with Crippen molar-refractivity contribution < 1.29 is 32.5 Å². The fourth-order valence-electron chi connectivity index (χ4n) is 1.55. The van der Waals surface area contributed by atoms with Crippen molar-refractivity contribution in [3.8, 4) is 5.75 Å². The van der Waals surface area contributed by atoms with Gasteiger partial charge < -0.3 is 14.6 Å². The Morgan fingerprint density at radius 2 is 1.90 bits per heavy atom. The van der Waals surface area contributed by atoms with E-state index in [9.17, 15) is 23.1 Å². The largest absolute Gasteiger partial charge is 0.573 e. The summed E-state index contributed by atoms with van der Waals surface area (Å²) in [6.07, 6.45) is -5.52. The van der Waals surface area contributed by atoms with Crippen LogP contribution in [-0.2, 0) is 9.53 Å². The van der Waals surface area contributed by atoms with Gasteiger partial charge in [-0.15, -0.1) is 13.2 Å². The van der Waals surface area contributed by atoms with Gasteiger partial charge in [-0.1, -0.05) is 12.1 Å². The van der Waals surface area contributed by atoms with Crippen LogP contribution >= 0.6 is 0 Å². The molecule has 0 bridgehead atoms. The lowest BCUT2D eigenvalue weighted by Gasteiger charge is -2.12. The summed E-state index contributed by atoms with van der Waals surface area (Å²) in [6, 6.07) is 4.85. The van der Waals surface area contributed by atoms with Crippen LogP contribution in [0.5, 0.6) is 5.75 Å². The van der Waals surface area contributed by atoms with Crippen LogP contribution in [-0.4, -0.2) is 24.0 Å². The predicted octanol–water partition coefficient (Wildman–Crippen LogP) is 2.96. The van der Waals surface area contributed by atoms with Gasteiger partial charge in [0.1, 0.15) is 5.75 Å². The zero-order chi connectivity index (χ0) is 15.2. The van der Waals surface area contributed by atoms with E-state index >= 15 is 0 Å². The molecule has 0 amide bonds. The van der Waals surface area contributed by atoms with Crippen molar-refractivity contribution in [3.05, 3.63) is 29.8 Å². The zero-order valence-electron chi connectivity index (χ0n) is 10.8. The number of halogens is 3. The molecule has 0 heterocycles. The fraction of sp³-hybridized carbons (Fsp3) is 0.462. The molecule has 1 rings (SSSR count). The van der Waals surface area contributed by atoms with Gasteiger partial charge >= 0.3 is 12.3 Å². The molecule has 0 radical (unpaired) electrons. The summed E-state index contributed by atoms with van der Waals surface area (Å²) in [5.74, 6) is -0.789. The summed E-state index contributed by atoms with van der Waals surface area (Å²) < 4.78 is 44.3. The normalized spacial score (nSPS) is 12.8. The minimum Gasteiger partial charge on any atom is -0.466 e. The Kier molecular flexibility index (Phi) is 5.82. The number of rotatable bonds is 6. The number of benzene rings is 1. The molecular formula is C13H15F3O4. The van der Waals surface area contributed by atoms with Gasteiger partial charge in [0.2, 0.25) is 0 Å². The molecule has 0 fully saturated rings. The van der Waals surface area contributed by atoms with Crippen LogP contribution in [0.4, 0.5) is 13.2 Å². The Labute approximate surface area is 114 Å². The van der Waals surface area contributed by atoms with Crippen molar-refractivity contribution in [2.75, 3.05) is 6.61 Å². The van der Waals surface area contributed by atoms with Crippen LogP contribution in [0.25, 0.3) is 0 Å². The molecule has 1 unspecified atom stereocenters. The Hall–Kier alpha value is -1.76. The third kappa shape index (κ3) is 5.92. The maximum absolute atomic E-state index is 12.0. The average Bonchev–Trinajstić information content (AvgIpc) is 2.35. The topological polar surface area (TPSA) is 55.8 Å². The lowest BCUT2D eigenvalue weighted by Crippen LogP contribution is -2.17. The highest BCUT2D eigenvalue weighted by atomic mass is 19.4. The third-order valence-corrected chi connectivity index (χ3v) is 2.43. The van der Waals surface area contributed by atoms with Gasteiger partial charge in [-0.2, -0.15) is 0 Å². The summed E-state index contributed by atoms with van der Waals surface area (Å²) in [5.41, 5.74) is 0.406. The van der Waals surface area contributed by atoms with Crippen molar-refractivity contribution in [2.24, 2.45) is 0 Å². The van der Waals surface area contributed by atoms with Crippen LogP contribution in [0.15, 0.2) is 24.3 Å². The Morgan fingerprint density at radius 1 is 1.30 bits per heavy atom. The van der Waals surface area contributed by atoms with Crippen molar-refractivity contribution in [2.45, 2.75) is 32.2 Å². The maximum atomic E-state index is 12.0. The summed E-state index contributed by atoms with van der Waals surface area (Å²) in [7, 11) is 0. The second-order valence-corrected chi connectivity index (χ2v) is 3.98. The Morgan fingerprint density at radius 3 is 2.40 bits per heavy atom. The molecular weight excluding hydrogens is 277 g/mol. The maximum Gasteiger partial charge on any atom is 0.573 e. The first kappa shape index (κ1) is 16.3. The fourth-order valence-corrected chi connectivity index (χ4v) is 1.55. The number of hydrogen-bond donors (Lipinski definition) is 1. The van der Waals surface area contributed by atoms with Crippen LogP contribution in [0.2, 0.25) is 0 Å². The molecule has 4 nitrogen and oxygen atoms in total. The average molecular weight is 292 g/mol. The lowest BCUT2D eigenvalue weighted by molar-refractivity contribution is -0.274. The van der Waals surface area contributed by atoms with E-state index in [0.29, 0.717) is 5.56 Å². The molecule has 0 aliphatic heterocycles. The first-order valence-electron chi connectivity index (χ1n) is 6.01. The Bertz CT molecular complexity index is 428. The van der Waals surface area contributed by atoms with Crippen molar-refractivity contribution in [1.29, 1.82) is 0 Å². The molecule has 7 heteroatoms. The number of esters is 1. The molecule has 0 spiro atoms. The molecule has 0 saturated heterocycles. The van der Waals surface area contributed by atoms with Crippen molar-refractivity contribution in [1.82, 2.24) is 0 Å². The highest BCUT2D eigenvalue weighted by Gasteiger charge is 2.31. The number of alkyl halides is 3. The molecule has 112 valence electrons. The van der Waals surface area contributed by atoms with Crippen LogP contribution in [0.3, 0.4) is 0 Å². The summed E-state index contributed by atoms with van der Waals surface area (Å²) in [6.45, 7) is 1.94. The van der Waals surface area contributed by atoms with E-state index in [-0.39, 0.29) is 25.2 Å². The standard InChI is InChI=1S/C13H15F3O4/c1-2-19-12(18)8-7-11(17)9-3-5-10(6-4-9)20-13(14,15)16/h3-6,11,17H,2,7-8H2,1H3. The number of aliphatic hydroxyl groups excluding tert-OH is 1. The van der Waals surface area contributed by atoms with E-state index in [0.717, 1.165) is 12.1 Å². The van der Waals surface area contributed by atoms with Gasteiger partial charge in [0.05, 0.1) is 12.7 Å². The molecule has 1 atom stereocenters. The summed E-state index contributed by atoms with van der Waals surface area (Å²) in [4.78, 5) is 11.1. The summed E-state index contributed by atoms with van der Waals surface area (Å²) in [5, 5.41) is 9.79. The minimum atomic E-state index is -4.75. The van der Waals surface area contributed by atoms with Crippen LogP contribution < -0.4 is 4.74 Å². The number of hydrogen-bond acceptors (Lipinski definition) is 4. The molecule has 20 heavy (non-hydrogen) atoms. The van der Waals surface area contributed by atoms with E-state index in [2.05, 4.69) is 4.74 Å². The molecule has 1 N–H and O–H groups in total. The van der Waals surface area contributed by atoms with Crippen molar-refractivity contribution >= 4 is 5.97 Å². The molecule has 0 saturated carbocycles. The molecule has 1 aromatic carbocycles. The van der Waals surface area contributed by atoms with Crippen LogP contribution in [0, 0.1) is 0 Å². The van der Waals surface area contributed by atoms with E-state index in [1.54, 1.807) is 6.92 Å². The SMILES string of the molecule is CCOC(=O)CCC(O)c1ccc(OC(F)(F)F)cc1.